The molecule has 1 saturated heterocycles. The van der Waals surface area contributed by atoms with Crippen LogP contribution in [0.15, 0.2) is 30.9 Å². The fraction of sp³-hybridized carbons (Fsp3) is 0.600. The van der Waals surface area contributed by atoms with Crippen molar-refractivity contribution in [1.29, 1.82) is 0 Å². The van der Waals surface area contributed by atoms with Crippen molar-refractivity contribution in [2.24, 2.45) is 5.41 Å². The van der Waals surface area contributed by atoms with E-state index in [1.165, 1.54) is 0 Å². The number of rotatable bonds is 8. The molecule has 172 valence electrons. The molecule has 1 aromatic rings. The average Bonchev–Trinajstić information content (AvgIpc) is 2.70. The number of allylic oxidation sites excluding steroid dienone is 1. The van der Waals surface area contributed by atoms with Crippen LogP contribution in [0.5, 0.6) is 0 Å². The molecule has 0 N–H and O–H groups in total. The Morgan fingerprint density at radius 1 is 1.23 bits per heavy atom. The molecule has 0 bridgehead atoms. The number of carbonyl (C=O) groups excluding carboxylic acids is 2. The number of amides is 1. The first-order valence-electron chi connectivity index (χ1n) is 11.2. The third-order valence-corrected chi connectivity index (χ3v) is 6.08. The summed E-state index contributed by atoms with van der Waals surface area (Å²) >= 11 is 6.26. The SMILES string of the molecule is C=CC1(CCCCc2ccc(C(=O)OCC)c(Cl)c2)CCN(C(=O)OC(C)(C)C)CC1. The molecule has 1 aromatic carbocycles. The molecule has 5 nitrogen and oxygen atoms in total. The second kappa shape index (κ2) is 11.0. The van der Waals surface area contributed by atoms with Crippen molar-refractivity contribution in [2.75, 3.05) is 19.7 Å². The van der Waals surface area contributed by atoms with Crippen LogP contribution in [0.4, 0.5) is 4.79 Å². The summed E-state index contributed by atoms with van der Waals surface area (Å²) in [6.45, 7) is 13.3. The van der Waals surface area contributed by atoms with Gasteiger partial charge in [-0.2, -0.15) is 0 Å². The average molecular weight is 450 g/mol. The van der Waals surface area contributed by atoms with Crippen LogP contribution >= 0.6 is 11.6 Å². The Kier molecular flexibility index (Phi) is 8.99. The number of halogens is 1. The Morgan fingerprint density at radius 2 is 1.90 bits per heavy atom. The Bertz CT molecular complexity index is 776. The summed E-state index contributed by atoms with van der Waals surface area (Å²) in [7, 11) is 0. The van der Waals surface area contributed by atoms with Crippen LogP contribution in [0.2, 0.25) is 5.02 Å². The van der Waals surface area contributed by atoms with Crippen LogP contribution in [0.3, 0.4) is 0 Å². The van der Waals surface area contributed by atoms with Gasteiger partial charge >= 0.3 is 12.1 Å². The van der Waals surface area contributed by atoms with Gasteiger partial charge in [0.1, 0.15) is 5.60 Å². The van der Waals surface area contributed by atoms with E-state index in [0.717, 1.165) is 44.1 Å². The zero-order valence-corrected chi connectivity index (χ0v) is 20.1. The van der Waals surface area contributed by atoms with Crippen molar-refractivity contribution in [3.63, 3.8) is 0 Å². The third kappa shape index (κ3) is 7.57. The first-order valence-corrected chi connectivity index (χ1v) is 11.5. The second-order valence-electron chi connectivity index (χ2n) is 9.28. The zero-order valence-electron chi connectivity index (χ0n) is 19.3. The van der Waals surface area contributed by atoms with Crippen molar-refractivity contribution in [3.05, 3.63) is 47.0 Å². The topological polar surface area (TPSA) is 55.8 Å². The number of hydrogen-bond acceptors (Lipinski definition) is 4. The van der Waals surface area contributed by atoms with Gasteiger partial charge in [-0.1, -0.05) is 30.2 Å². The van der Waals surface area contributed by atoms with Gasteiger partial charge in [0.25, 0.3) is 0 Å². The van der Waals surface area contributed by atoms with E-state index in [-0.39, 0.29) is 17.5 Å². The largest absolute Gasteiger partial charge is 0.462 e. The van der Waals surface area contributed by atoms with Gasteiger partial charge in [0.2, 0.25) is 0 Å². The number of likely N-dealkylation sites (tertiary alicyclic amines) is 1. The first kappa shape index (κ1) is 25.3. The van der Waals surface area contributed by atoms with Gasteiger partial charge in [-0.05, 0) is 82.9 Å². The van der Waals surface area contributed by atoms with Gasteiger partial charge in [0.05, 0.1) is 17.2 Å². The van der Waals surface area contributed by atoms with Crippen molar-refractivity contribution in [1.82, 2.24) is 4.90 Å². The highest BCUT2D eigenvalue weighted by atomic mass is 35.5. The lowest BCUT2D eigenvalue weighted by Crippen LogP contribution is -2.44. The van der Waals surface area contributed by atoms with Crippen LogP contribution in [0, 0.1) is 5.41 Å². The minimum absolute atomic E-state index is 0.0733. The number of aryl methyl sites for hydroxylation is 1. The zero-order chi connectivity index (χ0) is 23.1. The van der Waals surface area contributed by atoms with Crippen LogP contribution in [0.1, 0.15) is 75.7 Å². The highest BCUT2D eigenvalue weighted by Crippen LogP contribution is 2.38. The molecule has 0 radical (unpaired) electrons. The van der Waals surface area contributed by atoms with Crippen LogP contribution in [-0.2, 0) is 15.9 Å². The van der Waals surface area contributed by atoms with E-state index in [0.29, 0.717) is 30.3 Å². The highest BCUT2D eigenvalue weighted by Gasteiger charge is 2.34. The lowest BCUT2D eigenvalue weighted by atomic mass is 9.74. The summed E-state index contributed by atoms with van der Waals surface area (Å²) < 4.78 is 10.5. The number of nitrogens with zero attached hydrogens (tertiary/aromatic N) is 1. The summed E-state index contributed by atoms with van der Waals surface area (Å²) in [5.41, 5.74) is 1.13. The van der Waals surface area contributed by atoms with Crippen LogP contribution in [-0.4, -0.2) is 42.3 Å². The highest BCUT2D eigenvalue weighted by molar-refractivity contribution is 6.33. The van der Waals surface area contributed by atoms with Gasteiger partial charge in [-0.3, -0.25) is 0 Å². The van der Waals surface area contributed by atoms with Crippen molar-refractivity contribution >= 4 is 23.7 Å². The molecular weight excluding hydrogens is 414 g/mol. The fourth-order valence-corrected chi connectivity index (χ4v) is 4.19. The molecule has 0 aliphatic carbocycles. The molecule has 0 saturated carbocycles. The number of carbonyl (C=O) groups is 2. The van der Waals surface area contributed by atoms with E-state index in [9.17, 15) is 9.59 Å². The van der Waals surface area contributed by atoms with Gasteiger partial charge in [0, 0.05) is 13.1 Å². The number of hydrogen-bond donors (Lipinski definition) is 0. The van der Waals surface area contributed by atoms with Crippen molar-refractivity contribution in [3.8, 4) is 0 Å². The smallest absolute Gasteiger partial charge is 0.410 e. The van der Waals surface area contributed by atoms with Gasteiger partial charge < -0.3 is 14.4 Å². The van der Waals surface area contributed by atoms with Gasteiger partial charge in [-0.15, -0.1) is 6.58 Å². The van der Waals surface area contributed by atoms with Crippen molar-refractivity contribution < 1.29 is 19.1 Å². The summed E-state index contributed by atoms with van der Waals surface area (Å²) in [6, 6.07) is 5.55. The summed E-state index contributed by atoms with van der Waals surface area (Å²) in [5, 5.41) is 0.438. The standard InChI is InChI=1S/C25H36ClNO4/c1-6-25(14-16-27(17-15-25)23(29)31-24(3,4)5)13-9-8-10-19-11-12-20(21(26)18-19)22(28)30-7-2/h6,11-12,18H,1,7-10,13-17H2,2-5H3. The molecule has 1 heterocycles. The maximum Gasteiger partial charge on any atom is 0.410 e. The lowest BCUT2D eigenvalue weighted by molar-refractivity contribution is 0.0135. The molecule has 1 aliphatic heterocycles. The Hall–Kier alpha value is -2.01. The van der Waals surface area contributed by atoms with Crippen molar-refractivity contribution in [2.45, 2.75) is 71.8 Å². The lowest BCUT2D eigenvalue weighted by Gasteiger charge is -2.40. The number of esters is 1. The monoisotopic (exact) mass is 449 g/mol. The number of piperidine rings is 1. The van der Waals surface area contributed by atoms with Gasteiger partial charge in [0.15, 0.2) is 0 Å². The summed E-state index contributed by atoms with van der Waals surface area (Å²) in [5.74, 6) is -0.385. The molecule has 2 rings (SSSR count). The van der Waals surface area contributed by atoms with E-state index in [1.54, 1.807) is 17.9 Å². The molecule has 1 aliphatic rings. The van der Waals surface area contributed by atoms with Crippen LogP contribution in [0.25, 0.3) is 0 Å². The fourth-order valence-electron chi connectivity index (χ4n) is 3.91. The molecule has 1 amide bonds. The molecule has 6 heteroatoms. The van der Waals surface area contributed by atoms with Crippen LogP contribution < -0.4 is 0 Å². The Balaban J connectivity index is 1.81. The molecule has 0 aromatic heterocycles. The predicted octanol–water partition coefficient (Wildman–Crippen LogP) is 6.43. The predicted molar refractivity (Wildman–Crippen MR) is 125 cm³/mol. The minimum atomic E-state index is -0.471. The summed E-state index contributed by atoms with van der Waals surface area (Å²) in [4.78, 5) is 26.0. The molecule has 1 fully saturated rings. The molecule has 31 heavy (non-hydrogen) atoms. The maximum absolute atomic E-state index is 12.3. The summed E-state index contributed by atoms with van der Waals surface area (Å²) in [6.07, 6.45) is 7.72. The normalized spacial score (nSPS) is 16.0. The van der Waals surface area contributed by atoms with Gasteiger partial charge in [-0.25, -0.2) is 9.59 Å². The first-order chi connectivity index (χ1) is 14.6. The molecule has 0 spiro atoms. The van der Waals surface area contributed by atoms with E-state index in [1.807, 2.05) is 32.9 Å². The number of benzene rings is 1. The molecule has 0 unspecified atom stereocenters. The van der Waals surface area contributed by atoms with E-state index >= 15 is 0 Å². The third-order valence-electron chi connectivity index (χ3n) is 5.76. The Morgan fingerprint density at radius 3 is 2.45 bits per heavy atom. The second-order valence-corrected chi connectivity index (χ2v) is 9.68. The molecule has 0 atom stereocenters. The molecular formula is C25H36ClNO4. The van der Waals surface area contributed by atoms with E-state index in [2.05, 4.69) is 12.7 Å². The Labute approximate surface area is 191 Å². The minimum Gasteiger partial charge on any atom is -0.462 e. The van der Waals surface area contributed by atoms with E-state index in [4.69, 9.17) is 21.1 Å². The quantitative estimate of drug-likeness (QED) is 0.260. The number of unbranched alkanes of at least 4 members (excludes halogenated alkanes) is 1. The van der Waals surface area contributed by atoms with E-state index < -0.39 is 5.60 Å². The number of ether oxygens (including phenoxy) is 2. The maximum atomic E-state index is 12.3.